The number of amides is 2. The van der Waals surface area contributed by atoms with Crippen molar-refractivity contribution in [3.05, 3.63) is 69.5 Å². The number of aromatic nitrogens is 2. The lowest BCUT2D eigenvalue weighted by Crippen LogP contribution is -2.39. The highest BCUT2D eigenvalue weighted by molar-refractivity contribution is 6.30. The molecule has 0 spiro atoms. The third-order valence-electron chi connectivity index (χ3n) is 5.86. The molecule has 0 bridgehead atoms. The van der Waals surface area contributed by atoms with E-state index >= 15 is 0 Å². The van der Waals surface area contributed by atoms with Crippen molar-refractivity contribution in [3.8, 4) is 0 Å². The molecular formula is C21H19ClN4O2. The van der Waals surface area contributed by atoms with Gasteiger partial charge in [-0.05, 0) is 54.3 Å². The van der Waals surface area contributed by atoms with E-state index in [-0.39, 0.29) is 17.9 Å². The van der Waals surface area contributed by atoms with Crippen LogP contribution in [0.25, 0.3) is 5.52 Å². The zero-order valence-corrected chi connectivity index (χ0v) is 16.4. The van der Waals surface area contributed by atoms with Gasteiger partial charge >= 0.3 is 0 Å². The zero-order chi connectivity index (χ0) is 19.6. The molecule has 0 radical (unpaired) electrons. The van der Waals surface area contributed by atoms with Gasteiger partial charge in [0.05, 0.1) is 16.6 Å². The second-order valence-electron chi connectivity index (χ2n) is 7.49. The van der Waals surface area contributed by atoms with Gasteiger partial charge in [-0.25, -0.2) is 4.52 Å². The minimum Gasteiger partial charge on any atom is -0.337 e. The third-order valence-corrected chi connectivity index (χ3v) is 6.09. The van der Waals surface area contributed by atoms with E-state index in [9.17, 15) is 9.59 Å². The van der Waals surface area contributed by atoms with Crippen LogP contribution < -0.4 is 0 Å². The molecule has 7 heteroatoms. The van der Waals surface area contributed by atoms with E-state index in [1.807, 2.05) is 37.1 Å². The number of fused-ring (bicyclic) bond motifs is 4. The van der Waals surface area contributed by atoms with Crippen LogP contribution in [0.15, 0.2) is 36.5 Å². The molecule has 3 aromatic rings. The highest BCUT2D eigenvalue weighted by Gasteiger charge is 2.34. The van der Waals surface area contributed by atoms with Crippen molar-refractivity contribution >= 4 is 28.9 Å². The minimum atomic E-state index is -0.0911. The number of rotatable bonds is 1. The Morgan fingerprint density at radius 1 is 1.21 bits per heavy atom. The monoisotopic (exact) mass is 394 g/mol. The Morgan fingerprint density at radius 3 is 2.86 bits per heavy atom. The van der Waals surface area contributed by atoms with E-state index < -0.39 is 0 Å². The van der Waals surface area contributed by atoms with Crippen LogP contribution in [0.1, 0.15) is 50.5 Å². The second-order valence-corrected chi connectivity index (χ2v) is 7.93. The van der Waals surface area contributed by atoms with Crippen LogP contribution in [-0.2, 0) is 13.0 Å². The molecular weight excluding hydrogens is 376 g/mol. The predicted molar refractivity (Wildman–Crippen MR) is 106 cm³/mol. The van der Waals surface area contributed by atoms with Gasteiger partial charge in [-0.2, -0.15) is 5.10 Å². The molecule has 1 aromatic carbocycles. The van der Waals surface area contributed by atoms with Crippen LogP contribution in [0.5, 0.6) is 0 Å². The van der Waals surface area contributed by atoms with Crippen LogP contribution >= 0.6 is 11.6 Å². The Labute approximate surface area is 167 Å². The molecule has 2 amide bonds. The van der Waals surface area contributed by atoms with E-state index in [0.717, 1.165) is 28.6 Å². The maximum atomic E-state index is 13.2. The highest BCUT2D eigenvalue weighted by Crippen LogP contribution is 2.36. The topological polar surface area (TPSA) is 57.9 Å². The van der Waals surface area contributed by atoms with Crippen molar-refractivity contribution in [1.29, 1.82) is 0 Å². The summed E-state index contributed by atoms with van der Waals surface area (Å²) in [7, 11) is 1.83. The van der Waals surface area contributed by atoms with E-state index in [1.54, 1.807) is 27.7 Å². The van der Waals surface area contributed by atoms with Gasteiger partial charge in [-0.1, -0.05) is 17.7 Å². The summed E-state index contributed by atoms with van der Waals surface area (Å²) in [5.41, 5.74) is 5.49. The Kier molecular flexibility index (Phi) is 3.74. The number of hydrogen-bond acceptors (Lipinski definition) is 3. The summed E-state index contributed by atoms with van der Waals surface area (Å²) in [5, 5.41) is 4.98. The molecule has 1 unspecified atom stereocenters. The Morgan fingerprint density at radius 2 is 2.04 bits per heavy atom. The molecule has 142 valence electrons. The summed E-state index contributed by atoms with van der Waals surface area (Å²) < 4.78 is 1.63. The molecule has 6 nitrogen and oxygen atoms in total. The van der Waals surface area contributed by atoms with Crippen molar-refractivity contribution in [2.45, 2.75) is 25.9 Å². The SMILES string of the molecule is CC1c2ccc3c(c2CCN1C(=O)c1cc2ccc(Cl)cn2n1)CN(C)C3=O. The smallest absolute Gasteiger partial charge is 0.274 e. The molecule has 2 aliphatic rings. The lowest BCUT2D eigenvalue weighted by Gasteiger charge is -2.35. The van der Waals surface area contributed by atoms with E-state index in [2.05, 4.69) is 5.10 Å². The molecule has 28 heavy (non-hydrogen) atoms. The standard InChI is InChI=1S/C21H19ClN4O2/c1-12-15-5-6-17-18(11-24(2)20(17)27)16(15)7-8-25(12)21(28)19-9-14-4-3-13(22)10-26(14)23-19/h3-6,9-10,12H,7-8,11H2,1-2H3. The van der Waals surface area contributed by atoms with Crippen molar-refractivity contribution in [2.24, 2.45) is 0 Å². The molecule has 1 atom stereocenters. The van der Waals surface area contributed by atoms with Crippen LogP contribution in [-0.4, -0.2) is 44.8 Å². The van der Waals surface area contributed by atoms with Crippen LogP contribution in [0.4, 0.5) is 0 Å². The average Bonchev–Trinajstić information content (AvgIpc) is 3.22. The fraction of sp³-hybridized carbons (Fsp3) is 0.286. The first kappa shape index (κ1) is 17.3. The van der Waals surface area contributed by atoms with Gasteiger partial charge in [-0.15, -0.1) is 0 Å². The van der Waals surface area contributed by atoms with Crippen molar-refractivity contribution < 1.29 is 9.59 Å². The number of benzene rings is 1. The maximum Gasteiger partial charge on any atom is 0.274 e. The van der Waals surface area contributed by atoms with Gasteiger partial charge < -0.3 is 9.80 Å². The minimum absolute atomic E-state index is 0.0732. The number of pyridine rings is 1. The summed E-state index contributed by atoms with van der Waals surface area (Å²) in [6, 6.07) is 9.24. The molecule has 4 heterocycles. The van der Waals surface area contributed by atoms with Crippen molar-refractivity contribution in [1.82, 2.24) is 19.4 Å². The van der Waals surface area contributed by atoms with E-state index in [1.165, 1.54) is 5.56 Å². The zero-order valence-electron chi connectivity index (χ0n) is 15.6. The largest absolute Gasteiger partial charge is 0.337 e. The predicted octanol–water partition coefficient (Wildman–Crippen LogP) is 3.33. The van der Waals surface area contributed by atoms with Crippen molar-refractivity contribution in [2.75, 3.05) is 13.6 Å². The van der Waals surface area contributed by atoms with Crippen LogP contribution in [0.2, 0.25) is 5.02 Å². The van der Waals surface area contributed by atoms with Gasteiger partial charge in [0.15, 0.2) is 5.69 Å². The Bertz CT molecular complexity index is 1150. The molecule has 5 rings (SSSR count). The summed E-state index contributed by atoms with van der Waals surface area (Å²) in [5.74, 6) is -0.0148. The number of nitrogens with zero attached hydrogens (tertiary/aromatic N) is 4. The summed E-state index contributed by atoms with van der Waals surface area (Å²) in [6.07, 6.45) is 2.44. The van der Waals surface area contributed by atoms with Gasteiger partial charge in [0.2, 0.25) is 0 Å². The van der Waals surface area contributed by atoms with Crippen LogP contribution in [0, 0.1) is 0 Å². The number of halogens is 1. The molecule has 0 N–H and O–H groups in total. The normalized spacial score (nSPS) is 18.5. The van der Waals surface area contributed by atoms with Gasteiger partial charge in [0.25, 0.3) is 11.8 Å². The summed E-state index contributed by atoms with van der Waals surface area (Å²) in [4.78, 5) is 29.0. The van der Waals surface area contributed by atoms with E-state index in [4.69, 9.17) is 11.6 Å². The lowest BCUT2D eigenvalue weighted by atomic mass is 9.88. The number of hydrogen-bond donors (Lipinski definition) is 0. The molecule has 2 aliphatic heterocycles. The summed E-state index contributed by atoms with van der Waals surface area (Å²) >= 11 is 6.02. The van der Waals surface area contributed by atoms with E-state index in [0.29, 0.717) is 23.8 Å². The molecule has 0 saturated carbocycles. The average molecular weight is 395 g/mol. The third kappa shape index (κ3) is 2.44. The second kappa shape index (κ2) is 6.07. The quantitative estimate of drug-likeness (QED) is 0.636. The Balaban J connectivity index is 1.49. The number of carbonyl (C=O) groups is 2. The fourth-order valence-corrected chi connectivity index (χ4v) is 4.53. The van der Waals surface area contributed by atoms with Crippen molar-refractivity contribution in [3.63, 3.8) is 0 Å². The van der Waals surface area contributed by atoms with Gasteiger partial charge in [0.1, 0.15) is 0 Å². The highest BCUT2D eigenvalue weighted by atomic mass is 35.5. The van der Waals surface area contributed by atoms with Crippen LogP contribution in [0.3, 0.4) is 0 Å². The molecule has 0 aliphatic carbocycles. The Hall–Kier alpha value is -2.86. The number of carbonyl (C=O) groups excluding carboxylic acids is 2. The first-order chi connectivity index (χ1) is 13.4. The first-order valence-electron chi connectivity index (χ1n) is 9.30. The summed E-state index contributed by atoms with van der Waals surface area (Å²) in [6.45, 7) is 3.29. The first-order valence-corrected chi connectivity index (χ1v) is 9.68. The molecule has 0 fully saturated rings. The van der Waals surface area contributed by atoms with Gasteiger partial charge in [-0.3, -0.25) is 9.59 Å². The maximum absolute atomic E-state index is 13.2. The molecule has 0 saturated heterocycles. The van der Waals surface area contributed by atoms with Gasteiger partial charge in [0, 0.05) is 31.9 Å². The molecule has 2 aromatic heterocycles. The lowest BCUT2D eigenvalue weighted by molar-refractivity contribution is 0.0670. The fourth-order valence-electron chi connectivity index (χ4n) is 4.38.